The van der Waals surface area contributed by atoms with Crippen molar-refractivity contribution in [1.82, 2.24) is 4.90 Å². The van der Waals surface area contributed by atoms with Gasteiger partial charge in [-0.2, -0.15) is 0 Å². The number of rotatable bonds is 7. The zero-order chi connectivity index (χ0) is 20.3. The molecule has 1 aromatic rings. The third kappa shape index (κ3) is 4.04. The lowest BCUT2D eigenvalue weighted by Gasteiger charge is -2.40. The Morgan fingerprint density at radius 3 is 2.61 bits per heavy atom. The van der Waals surface area contributed by atoms with E-state index < -0.39 is 6.04 Å². The fourth-order valence-electron chi connectivity index (χ4n) is 4.91. The summed E-state index contributed by atoms with van der Waals surface area (Å²) in [5, 5.41) is 12.7. The van der Waals surface area contributed by atoms with Crippen molar-refractivity contribution in [3.8, 4) is 0 Å². The standard InChI is InChI=1S/C21H29ClN2O4/c1-14-18(13-28-3)21(24(25)26)17(16-8-4-5-9-19(16)22)11-20(14)23-10-6-7-15(23)12-27-2/h4-5,8-9,15,17-18,21H,6-7,10-13H2,1-3H3/t15-,17+,18-,21+/m0/s1. The Kier molecular flexibility index (Phi) is 6.96. The second-order valence-electron chi connectivity index (χ2n) is 7.74. The van der Waals surface area contributed by atoms with Crippen LogP contribution in [0.3, 0.4) is 0 Å². The summed E-state index contributed by atoms with van der Waals surface area (Å²) < 4.78 is 10.8. The van der Waals surface area contributed by atoms with E-state index in [9.17, 15) is 10.1 Å². The maximum Gasteiger partial charge on any atom is 0.229 e. The van der Waals surface area contributed by atoms with Crippen LogP contribution in [-0.4, -0.2) is 55.9 Å². The van der Waals surface area contributed by atoms with Gasteiger partial charge in [-0.1, -0.05) is 29.8 Å². The van der Waals surface area contributed by atoms with Crippen LogP contribution in [0.2, 0.25) is 5.02 Å². The second-order valence-corrected chi connectivity index (χ2v) is 8.15. The number of methoxy groups -OCH3 is 2. The first-order valence-corrected chi connectivity index (χ1v) is 10.2. The number of likely N-dealkylation sites (tertiary alicyclic amines) is 1. The van der Waals surface area contributed by atoms with Gasteiger partial charge in [0.2, 0.25) is 6.04 Å². The molecule has 0 saturated carbocycles. The summed E-state index contributed by atoms with van der Waals surface area (Å²) in [6.07, 6.45) is 2.80. The predicted molar refractivity (Wildman–Crippen MR) is 109 cm³/mol. The van der Waals surface area contributed by atoms with Gasteiger partial charge in [0.1, 0.15) is 0 Å². The Labute approximate surface area is 171 Å². The molecule has 7 heteroatoms. The first kappa shape index (κ1) is 21.1. The molecule has 1 aliphatic heterocycles. The Balaban J connectivity index is 2.06. The van der Waals surface area contributed by atoms with E-state index in [0.717, 1.165) is 30.5 Å². The topological polar surface area (TPSA) is 64.8 Å². The smallest absolute Gasteiger partial charge is 0.229 e. The molecule has 3 rings (SSSR count). The SMILES string of the molecule is COC[C@@H]1CCCN1C1=C(C)[C@H](COC)[C@H]([N+](=O)[O-])[C@@H](c2ccccc2Cl)C1. The monoisotopic (exact) mass is 408 g/mol. The van der Waals surface area contributed by atoms with Crippen LogP contribution < -0.4 is 0 Å². The molecule has 1 aromatic carbocycles. The van der Waals surface area contributed by atoms with Crippen molar-refractivity contribution in [2.24, 2.45) is 5.92 Å². The highest BCUT2D eigenvalue weighted by atomic mass is 35.5. The largest absolute Gasteiger partial charge is 0.384 e. The number of nitrogens with zero attached hydrogens (tertiary/aromatic N) is 2. The first-order valence-electron chi connectivity index (χ1n) is 9.81. The number of nitro groups is 1. The summed E-state index contributed by atoms with van der Waals surface area (Å²) in [4.78, 5) is 14.4. The van der Waals surface area contributed by atoms with Gasteiger partial charge in [0.25, 0.3) is 0 Å². The van der Waals surface area contributed by atoms with Crippen LogP contribution in [0.15, 0.2) is 35.5 Å². The summed E-state index contributed by atoms with van der Waals surface area (Å²) in [7, 11) is 3.33. The molecular weight excluding hydrogens is 380 g/mol. The Hall–Kier alpha value is -1.63. The van der Waals surface area contributed by atoms with Crippen molar-refractivity contribution < 1.29 is 14.4 Å². The molecule has 1 saturated heterocycles. The summed E-state index contributed by atoms with van der Waals surface area (Å²) in [6.45, 7) is 3.98. The molecule has 0 unspecified atom stereocenters. The molecule has 0 bridgehead atoms. The highest BCUT2D eigenvalue weighted by Crippen LogP contribution is 2.45. The highest BCUT2D eigenvalue weighted by Gasteiger charge is 2.47. The summed E-state index contributed by atoms with van der Waals surface area (Å²) in [5.41, 5.74) is 3.11. The molecular formula is C21H29ClN2O4. The maximum absolute atomic E-state index is 12.1. The number of benzene rings is 1. The van der Waals surface area contributed by atoms with Crippen molar-refractivity contribution in [2.45, 2.75) is 44.2 Å². The van der Waals surface area contributed by atoms with Gasteiger partial charge >= 0.3 is 0 Å². The number of ether oxygens (including phenoxy) is 2. The summed E-state index contributed by atoms with van der Waals surface area (Å²) in [5.74, 6) is -0.569. The van der Waals surface area contributed by atoms with Gasteiger partial charge in [0.05, 0.1) is 31.1 Å². The van der Waals surface area contributed by atoms with Crippen molar-refractivity contribution >= 4 is 11.6 Å². The molecule has 2 aliphatic rings. The highest BCUT2D eigenvalue weighted by molar-refractivity contribution is 6.31. The zero-order valence-corrected chi connectivity index (χ0v) is 17.5. The minimum atomic E-state index is -0.757. The minimum absolute atomic E-state index is 0.144. The fraction of sp³-hybridized carbons (Fsp3) is 0.619. The molecule has 1 aliphatic carbocycles. The average molecular weight is 409 g/mol. The Morgan fingerprint density at radius 2 is 1.96 bits per heavy atom. The first-order chi connectivity index (χ1) is 13.5. The molecule has 4 atom stereocenters. The molecule has 1 heterocycles. The van der Waals surface area contributed by atoms with Crippen molar-refractivity contribution in [1.29, 1.82) is 0 Å². The van der Waals surface area contributed by atoms with Gasteiger partial charge in [-0.05, 0) is 37.0 Å². The van der Waals surface area contributed by atoms with Gasteiger partial charge < -0.3 is 14.4 Å². The molecule has 154 valence electrons. The molecule has 6 nitrogen and oxygen atoms in total. The van der Waals surface area contributed by atoms with E-state index in [2.05, 4.69) is 4.90 Å². The molecule has 1 fully saturated rings. The van der Waals surface area contributed by atoms with E-state index in [4.69, 9.17) is 21.1 Å². The zero-order valence-electron chi connectivity index (χ0n) is 16.8. The number of hydrogen-bond donors (Lipinski definition) is 0. The van der Waals surface area contributed by atoms with Crippen molar-refractivity contribution in [2.75, 3.05) is 34.0 Å². The van der Waals surface area contributed by atoms with E-state index in [0.29, 0.717) is 30.7 Å². The van der Waals surface area contributed by atoms with Gasteiger partial charge in [0, 0.05) is 42.8 Å². The second kappa shape index (κ2) is 9.25. The van der Waals surface area contributed by atoms with E-state index in [-0.39, 0.29) is 16.8 Å². The van der Waals surface area contributed by atoms with Crippen LogP contribution in [0.25, 0.3) is 0 Å². The predicted octanol–water partition coefficient (Wildman–Crippen LogP) is 4.12. The van der Waals surface area contributed by atoms with Crippen molar-refractivity contribution in [3.63, 3.8) is 0 Å². The van der Waals surface area contributed by atoms with Gasteiger partial charge in [0.15, 0.2) is 0 Å². The van der Waals surface area contributed by atoms with Gasteiger partial charge in [-0.3, -0.25) is 10.1 Å². The van der Waals surface area contributed by atoms with Crippen molar-refractivity contribution in [3.05, 3.63) is 56.2 Å². The van der Waals surface area contributed by atoms with E-state index >= 15 is 0 Å². The fourth-order valence-corrected chi connectivity index (χ4v) is 5.18. The van der Waals surface area contributed by atoms with Crippen LogP contribution in [0, 0.1) is 16.0 Å². The van der Waals surface area contributed by atoms with E-state index in [1.807, 2.05) is 31.2 Å². The van der Waals surface area contributed by atoms with Crippen LogP contribution >= 0.6 is 11.6 Å². The van der Waals surface area contributed by atoms with Gasteiger partial charge in [-0.15, -0.1) is 0 Å². The van der Waals surface area contributed by atoms with Crippen LogP contribution in [0.5, 0.6) is 0 Å². The van der Waals surface area contributed by atoms with Crippen LogP contribution in [0.4, 0.5) is 0 Å². The van der Waals surface area contributed by atoms with E-state index in [1.54, 1.807) is 14.2 Å². The summed E-state index contributed by atoms with van der Waals surface area (Å²) in [6, 6.07) is 7.05. The average Bonchev–Trinajstić information content (AvgIpc) is 3.12. The lowest BCUT2D eigenvalue weighted by Crippen LogP contribution is -2.45. The van der Waals surface area contributed by atoms with Crippen LogP contribution in [-0.2, 0) is 9.47 Å². The maximum atomic E-state index is 12.1. The third-order valence-corrected chi connectivity index (χ3v) is 6.57. The third-order valence-electron chi connectivity index (χ3n) is 6.23. The molecule has 28 heavy (non-hydrogen) atoms. The van der Waals surface area contributed by atoms with Crippen LogP contribution in [0.1, 0.15) is 37.7 Å². The molecule has 0 amide bonds. The Morgan fingerprint density at radius 1 is 1.25 bits per heavy atom. The number of halogens is 1. The van der Waals surface area contributed by atoms with Gasteiger partial charge in [-0.25, -0.2) is 0 Å². The minimum Gasteiger partial charge on any atom is -0.384 e. The lowest BCUT2D eigenvalue weighted by molar-refractivity contribution is -0.536. The molecule has 0 aromatic heterocycles. The number of allylic oxidation sites excluding steroid dienone is 1. The normalized spacial score (nSPS) is 28.1. The molecule has 0 radical (unpaired) electrons. The molecule has 0 N–H and O–H groups in total. The lowest BCUT2D eigenvalue weighted by atomic mass is 9.72. The number of hydrogen-bond acceptors (Lipinski definition) is 5. The molecule has 0 spiro atoms. The summed E-state index contributed by atoms with van der Waals surface area (Å²) >= 11 is 6.47. The quantitative estimate of drug-likeness (QED) is 0.501. The van der Waals surface area contributed by atoms with E-state index in [1.165, 1.54) is 5.70 Å². The Bertz CT molecular complexity index is 739.